The SMILES string of the molecule is O=C(O)/C=C/CCC(=O)O.O=C(O)/C=C\C=C/C(=O)O.O=C(O)C/C=C/CC(=O)O.O=C(O)CCCCC(=O)O. The molecule has 0 spiro atoms. The Morgan fingerprint density at radius 1 is 0.400 bits per heavy atom. The van der Waals surface area contributed by atoms with E-state index in [4.69, 9.17) is 40.9 Å². The molecule has 0 saturated heterocycles. The van der Waals surface area contributed by atoms with E-state index in [-0.39, 0.29) is 38.5 Å². The molecule has 224 valence electrons. The number of allylic oxidation sites excluding steroid dienone is 3. The van der Waals surface area contributed by atoms with Crippen LogP contribution in [0.1, 0.15) is 51.4 Å². The number of hydrogen-bond donors (Lipinski definition) is 8. The molecule has 16 heteroatoms. The van der Waals surface area contributed by atoms with Gasteiger partial charge in [-0.25, -0.2) is 14.4 Å². The van der Waals surface area contributed by atoms with Crippen molar-refractivity contribution in [1.82, 2.24) is 0 Å². The van der Waals surface area contributed by atoms with E-state index in [0.717, 1.165) is 30.4 Å². The van der Waals surface area contributed by atoms with Gasteiger partial charge >= 0.3 is 47.8 Å². The van der Waals surface area contributed by atoms with Gasteiger partial charge in [-0.15, -0.1) is 0 Å². The highest BCUT2D eigenvalue weighted by Gasteiger charge is 1.99. The first-order chi connectivity index (χ1) is 18.5. The van der Waals surface area contributed by atoms with Crippen molar-refractivity contribution in [1.29, 1.82) is 0 Å². The van der Waals surface area contributed by atoms with Crippen molar-refractivity contribution in [2.75, 3.05) is 0 Å². The number of carbonyl (C=O) groups is 8. The molecule has 0 aliphatic heterocycles. The van der Waals surface area contributed by atoms with Gasteiger partial charge in [-0.2, -0.15) is 0 Å². The predicted octanol–water partition coefficient (Wildman–Crippen LogP) is 1.97. The maximum atomic E-state index is 9.90. The molecule has 0 rings (SSSR count). The molecule has 40 heavy (non-hydrogen) atoms. The van der Waals surface area contributed by atoms with Gasteiger partial charge in [0.05, 0.1) is 12.8 Å². The number of hydrogen-bond acceptors (Lipinski definition) is 8. The first-order valence-electron chi connectivity index (χ1n) is 10.9. The van der Waals surface area contributed by atoms with Crippen LogP contribution in [-0.4, -0.2) is 88.6 Å². The Kier molecular flexibility index (Phi) is 31.3. The lowest BCUT2D eigenvalue weighted by molar-refractivity contribution is -0.139. The first-order valence-corrected chi connectivity index (χ1v) is 10.9. The van der Waals surface area contributed by atoms with Crippen molar-refractivity contribution >= 4 is 47.8 Å². The van der Waals surface area contributed by atoms with Crippen LogP contribution in [0.4, 0.5) is 0 Å². The van der Waals surface area contributed by atoms with E-state index in [1.165, 1.54) is 18.2 Å². The molecule has 0 aliphatic carbocycles. The van der Waals surface area contributed by atoms with E-state index < -0.39 is 47.8 Å². The zero-order valence-corrected chi connectivity index (χ0v) is 21.1. The molecule has 0 heterocycles. The molecule has 0 atom stereocenters. The Morgan fingerprint density at radius 3 is 0.975 bits per heavy atom. The quantitative estimate of drug-likeness (QED) is 0.0563. The molecule has 0 saturated carbocycles. The lowest BCUT2D eigenvalue weighted by Gasteiger charge is -1.92. The van der Waals surface area contributed by atoms with Crippen LogP contribution in [0.15, 0.2) is 48.6 Å². The smallest absolute Gasteiger partial charge is 0.328 e. The summed E-state index contributed by atoms with van der Waals surface area (Å²) in [6, 6.07) is 0. The third-order valence-electron chi connectivity index (χ3n) is 3.16. The summed E-state index contributed by atoms with van der Waals surface area (Å²) in [5.74, 6) is -7.83. The highest BCUT2D eigenvalue weighted by atomic mass is 16.4. The largest absolute Gasteiger partial charge is 0.481 e. The van der Waals surface area contributed by atoms with Gasteiger partial charge in [-0.3, -0.25) is 24.0 Å². The molecule has 0 fully saturated rings. The maximum absolute atomic E-state index is 9.90. The maximum Gasteiger partial charge on any atom is 0.328 e. The zero-order chi connectivity index (χ0) is 31.9. The van der Waals surface area contributed by atoms with Crippen LogP contribution in [0.2, 0.25) is 0 Å². The first kappa shape index (κ1) is 41.8. The number of carboxylic acid groups (broad SMARTS) is 8. The molecule has 0 aromatic heterocycles. The minimum atomic E-state index is -1.10. The summed E-state index contributed by atoms with van der Waals surface area (Å²) in [5.41, 5.74) is 0. The Balaban J connectivity index is -0.000000216. The summed E-state index contributed by atoms with van der Waals surface area (Å²) >= 11 is 0. The second-order valence-electron chi connectivity index (χ2n) is 6.73. The van der Waals surface area contributed by atoms with Crippen molar-refractivity contribution in [3.63, 3.8) is 0 Å². The van der Waals surface area contributed by atoms with Gasteiger partial charge in [0.1, 0.15) is 0 Å². The van der Waals surface area contributed by atoms with Crippen molar-refractivity contribution in [2.24, 2.45) is 0 Å². The molecule has 0 unspecified atom stereocenters. The molecule has 16 nitrogen and oxygen atoms in total. The molecular weight excluding hydrogens is 544 g/mol. The number of aliphatic carboxylic acids is 8. The van der Waals surface area contributed by atoms with Crippen LogP contribution in [0.5, 0.6) is 0 Å². The Hall–Kier alpha value is -5.28. The average Bonchev–Trinajstić information content (AvgIpc) is 2.80. The standard InChI is InChI=1S/C6H10O4.2C6H8O4.C6H6O4/c4*7-5(8)3-1-2-4-6(9)10/h1-4H2,(H,7,8)(H,9,10);1,3H,2,4H2,(H,7,8)(H,9,10);1-2H,3-4H2,(H,7,8)(H,9,10);1-4H,(H,7,8)(H,9,10)/b;3-1+;2-1+;3-1-,4-2-. The summed E-state index contributed by atoms with van der Waals surface area (Å²) in [7, 11) is 0. The van der Waals surface area contributed by atoms with Gasteiger partial charge < -0.3 is 40.9 Å². The van der Waals surface area contributed by atoms with Gasteiger partial charge in [-0.05, 0) is 19.3 Å². The van der Waals surface area contributed by atoms with Crippen LogP contribution in [-0.2, 0) is 38.4 Å². The average molecular weight is 577 g/mol. The molecule has 0 aromatic rings. The molecule has 8 N–H and O–H groups in total. The summed E-state index contributed by atoms with van der Waals surface area (Å²) in [4.78, 5) is 78.7. The van der Waals surface area contributed by atoms with Crippen molar-refractivity contribution in [3.05, 3.63) is 48.6 Å². The summed E-state index contributed by atoms with van der Waals surface area (Å²) in [5, 5.41) is 64.6. The zero-order valence-electron chi connectivity index (χ0n) is 21.1. The van der Waals surface area contributed by atoms with Crippen LogP contribution in [0, 0.1) is 0 Å². The van der Waals surface area contributed by atoms with E-state index >= 15 is 0 Å². The van der Waals surface area contributed by atoms with Gasteiger partial charge in [-0.1, -0.05) is 30.4 Å². The van der Waals surface area contributed by atoms with E-state index in [2.05, 4.69) is 0 Å². The number of carboxylic acids is 8. The fourth-order valence-electron chi connectivity index (χ4n) is 1.59. The molecule has 0 aliphatic rings. The Morgan fingerprint density at radius 2 is 0.725 bits per heavy atom. The van der Waals surface area contributed by atoms with E-state index in [0.29, 0.717) is 12.8 Å². The minimum absolute atomic E-state index is 0.0240. The van der Waals surface area contributed by atoms with E-state index in [1.807, 2.05) is 0 Å². The highest BCUT2D eigenvalue weighted by Crippen LogP contribution is 1.98. The summed E-state index contributed by atoms with van der Waals surface area (Å²) < 4.78 is 0. The van der Waals surface area contributed by atoms with Crippen molar-refractivity contribution in [3.8, 4) is 0 Å². The third-order valence-corrected chi connectivity index (χ3v) is 3.16. The van der Waals surface area contributed by atoms with Crippen LogP contribution in [0.3, 0.4) is 0 Å². The Bertz CT molecular complexity index is 885. The van der Waals surface area contributed by atoms with Crippen LogP contribution >= 0.6 is 0 Å². The van der Waals surface area contributed by atoms with Crippen molar-refractivity contribution in [2.45, 2.75) is 51.4 Å². The van der Waals surface area contributed by atoms with Crippen LogP contribution in [0.25, 0.3) is 0 Å². The van der Waals surface area contributed by atoms with Gasteiger partial charge in [0, 0.05) is 37.5 Å². The minimum Gasteiger partial charge on any atom is -0.481 e. The third kappa shape index (κ3) is 63.8. The normalized spacial score (nSPS) is 10.0. The van der Waals surface area contributed by atoms with Crippen molar-refractivity contribution < 1.29 is 79.2 Å². The number of unbranched alkanes of at least 4 members (excludes halogenated alkanes) is 1. The van der Waals surface area contributed by atoms with E-state index in [9.17, 15) is 38.4 Å². The lowest BCUT2D eigenvalue weighted by Crippen LogP contribution is -1.97. The monoisotopic (exact) mass is 576 g/mol. The second-order valence-corrected chi connectivity index (χ2v) is 6.73. The van der Waals surface area contributed by atoms with Gasteiger partial charge in [0.25, 0.3) is 0 Å². The lowest BCUT2D eigenvalue weighted by atomic mass is 10.2. The topological polar surface area (TPSA) is 298 Å². The molecular formula is C24H32O16. The predicted molar refractivity (Wildman–Crippen MR) is 135 cm³/mol. The Labute approximate surface area is 227 Å². The van der Waals surface area contributed by atoms with E-state index in [1.54, 1.807) is 0 Å². The fraction of sp³-hybridized carbons (Fsp3) is 0.333. The van der Waals surface area contributed by atoms with Crippen LogP contribution < -0.4 is 0 Å². The molecule has 0 bridgehead atoms. The number of rotatable bonds is 16. The molecule has 0 aromatic carbocycles. The van der Waals surface area contributed by atoms with Gasteiger partial charge in [0.15, 0.2) is 0 Å². The van der Waals surface area contributed by atoms with Gasteiger partial charge in [0.2, 0.25) is 0 Å². The molecule has 0 amide bonds. The summed E-state index contributed by atoms with van der Waals surface area (Å²) in [6.07, 6.45) is 9.87. The summed E-state index contributed by atoms with van der Waals surface area (Å²) in [6.45, 7) is 0. The molecule has 0 radical (unpaired) electrons. The second kappa shape index (κ2) is 29.9. The highest BCUT2D eigenvalue weighted by molar-refractivity contribution is 5.82. The fourth-order valence-corrected chi connectivity index (χ4v) is 1.59.